The lowest BCUT2D eigenvalue weighted by Gasteiger charge is -2.16. The summed E-state index contributed by atoms with van der Waals surface area (Å²) in [5.74, 6) is -1.04. The number of carboxylic acids is 1. The van der Waals surface area contributed by atoms with Crippen molar-refractivity contribution in [3.8, 4) is 0 Å². The van der Waals surface area contributed by atoms with E-state index in [2.05, 4.69) is 0 Å². The van der Waals surface area contributed by atoms with Gasteiger partial charge < -0.3 is 10.8 Å². The van der Waals surface area contributed by atoms with Gasteiger partial charge in [0.2, 0.25) is 10.0 Å². The summed E-state index contributed by atoms with van der Waals surface area (Å²) in [6.07, 6.45) is -0.238. The van der Waals surface area contributed by atoms with Gasteiger partial charge in [0.05, 0.1) is 11.3 Å². The molecule has 0 bridgehead atoms. The lowest BCUT2D eigenvalue weighted by atomic mass is 10.3. The SMILES string of the molecule is CN(CCC(=O)O)S(=O)(=O)c1cccc(N)c1. The number of benzene rings is 1. The van der Waals surface area contributed by atoms with E-state index in [0.717, 1.165) is 4.31 Å². The zero-order valence-corrected chi connectivity index (χ0v) is 10.1. The van der Waals surface area contributed by atoms with E-state index in [-0.39, 0.29) is 17.9 Å². The Hall–Kier alpha value is -1.60. The molecule has 17 heavy (non-hydrogen) atoms. The molecule has 0 amide bonds. The van der Waals surface area contributed by atoms with Crippen LogP contribution in [0.4, 0.5) is 5.69 Å². The molecular weight excluding hydrogens is 244 g/mol. The number of sulfonamides is 1. The fraction of sp³-hybridized carbons (Fsp3) is 0.300. The highest BCUT2D eigenvalue weighted by atomic mass is 32.2. The Balaban J connectivity index is 2.91. The first-order valence-electron chi connectivity index (χ1n) is 4.87. The molecule has 1 aromatic carbocycles. The molecule has 0 fully saturated rings. The van der Waals surface area contributed by atoms with Gasteiger partial charge >= 0.3 is 5.97 Å². The van der Waals surface area contributed by atoms with E-state index in [1.54, 1.807) is 6.07 Å². The minimum atomic E-state index is -3.67. The third-order valence-corrected chi connectivity index (χ3v) is 4.06. The smallest absolute Gasteiger partial charge is 0.304 e. The minimum absolute atomic E-state index is 0.0605. The van der Waals surface area contributed by atoms with Crippen molar-refractivity contribution in [1.29, 1.82) is 0 Å². The molecule has 0 aliphatic carbocycles. The van der Waals surface area contributed by atoms with E-state index in [1.165, 1.54) is 25.2 Å². The summed E-state index contributed by atoms with van der Waals surface area (Å²) in [5.41, 5.74) is 5.85. The van der Waals surface area contributed by atoms with Crippen LogP contribution in [0.3, 0.4) is 0 Å². The van der Waals surface area contributed by atoms with Gasteiger partial charge in [0.25, 0.3) is 0 Å². The summed E-state index contributed by atoms with van der Waals surface area (Å²) >= 11 is 0. The van der Waals surface area contributed by atoms with E-state index in [1.807, 2.05) is 0 Å². The van der Waals surface area contributed by atoms with Gasteiger partial charge in [-0.2, -0.15) is 0 Å². The van der Waals surface area contributed by atoms with Gasteiger partial charge in [-0.25, -0.2) is 12.7 Å². The molecule has 0 spiro atoms. The molecule has 0 heterocycles. The highest BCUT2D eigenvalue weighted by Crippen LogP contribution is 2.16. The number of nitrogens with two attached hydrogens (primary N) is 1. The molecule has 0 unspecified atom stereocenters. The van der Waals surface area contributed by atoms with Gasteiger partial charge in [-0.3, -0.25) is 4.79 Å². The topological polar surface area (TPSA) is 101 Å². The molecule has 0 saturated carbocycles. The lowest BCUT2D eigenvalue weighted by Crippen LogP contribution is -2.29. The number of rotatable bonds is 5. The van der Waals surface area contributed by atoms with Crippen LogP contribution in [-0.4, -0.2) is 37.4 Å². The largest absolute Gasteiger partial charge is 0.481 e. The van der Waals surface area contributed by atoms with E-state index in [4.69, 9.17) is 10.8 Å². The molecule has 1 rings (SSSR count). The van der Waals surface area contributed by atoms with E-state index >= 15 is 0 Å². The number of aliphatic carboxylic acids is 1. The van der Waals surface area contributed by atoms with Crippen molar-refractivity contribution < 1.29 is 18.3 Å². The van der Waals surface area contributed by atoms with Crippen LogP contribution < -0.4 is 5.73 Å². The van der Waals surface area contributed by atoms with Crippen LogP contribution >= 0.6 is 0 Å². The number of nitrogen functional groups attached to an aromatic ring is 1. The molecule has 6 nitrogen and oxygen atoms in total. The Labute approximate surface area is 99.7 Å². The molecule has 0 aliphatic rings. The molecule has 94 valence electrons. The number of hydrogen-bond acceptors (Lipinski definition) is 4. The summed E-state index contributed by atoms with van der Waals surface area (Å²) in [6.45, 7) is -0.0769. The first kappa shape index (κ1) is 13.5. The number of anilines is 1. The average molecular weight is 258 g/mol. The summed E-state index contributed by atoms with van der Waals surface area (Å²) in [4.78, 5) is 10.4. The van der Waals surface area contributed by atoms with Crippen molar-refractivity contribution in [2.24, 2.45) is 0 Å². The fourth-order valence-electron chi connectivity index (χ4n) is 1.23. The molecule has 0 aromatic heterocycles. The molecule has 0 atom stereocenters. The van der Waals surface area contributed by atoms with Gasteiger partial charge in [-0.05, 0) is 18.2 Å². The summed E-state index contributed by atoms with van der Waals surface area (Å²) in [5, 5.41) is 8.50. The Bertz CT molecular complexity index is 513. The molecule has 0 aliphatic heterocycles. The van der Waals surface area contributed by atoms with Gasteiger partial charge in [-0.15, -0.1) is 0 Å². The Morgan fingerprint density at radius 1 is 1.47 bits per heavy atom. The second-order valence-corrected chi connectivity index (χ2v) is 5.59. The number of carbonyl (C=O) groups is 1. The highest BCUT2D eigenvalue weighted by Gasteiger charge is 2.21. The van der Waals surface area contributed by atoms with Crippen LogP contribution in [0.5, 0.6) is 0 Å². The standard InChI is InChI=1S/C10H14N2O4S/c1-12(6-5-10(13)14)17(15,16)9-4-2-3-8(11)7-9/h2-4,7H,5-6,11H2,1H3,(H,13,14). The maximum atomic E-state index is 12.0. The first-order valence-corrected chi connectivity index (χ1v) is 6.31. The van der Waals surface area contributed by atoms with Crippen molar-refractivity contribution >= 4 is 21.7 Å². The quantitative estimate of drug-likeness (QED) is 0.743. The van der Waals surface area contributed by atoms with E-state index < -0.39 is 16.0 Å². The number of carboxylic acid groups (broad SMARTS) is 1. The van der Waals surface area contributed by atoms with Crippen LogP contribution in [0.1, 0.15) is 6.42 Å². The molecule has 0 radical (unpaired) electrons. The zero-order chi connectivity index (χ0) is 13.1. The van der Waals surface area contributed by atoms with Crippen molar-refractivity contribution in [3.05, 3.63) is 24.3 Å². The Morgan fingerprint density at radius 3 is 2.65 bits per heavy atom. The van der Waals surface area contributed by atoms with Gasteiger partial charge in [0.15, 0.2) is 0 Å². The molecule has 7 heteroatoms. The number of hydrogen-bond donors (Lipinski definition) is 2. The molecule has 3 N–H and O–H groups in total. The third-order valence-electron chi connectivity index (χ3n) is 2.21. The first-order chi connectivity index (χ1) is 7.84. The van der Waals surface area contributed by atoms with Crippen LogP contribution in [0, 0.1) is 0 Å². The van der Waals surface area contributed by atoms with Gasteiger partial charge in [0, 0.05) is 19.3 Å². The van der Waals surface area contributed by atoms with Gasteiger partial charge in [0.1, 0.15) is 0 Å². The van der Waals surface area contributed by atoms with Crippen LogP contribution in [0.25, 0.3) is 0 Å². The second kappa shape index (κ2) is 5.15. The summed E-state index contributed by atoms with van der Waals surface area (Å²) < 4.78 is 24.9. The molecular formula is C10H14N2O4S. The van der Waals surface area contributed by atoms with Gasteiger partial charge in [-0.1, -0.05) is 6.07 Å². The average Bonchev–Trinajstić information content (AvgIpc) is 2.25. The second-order valence-electron chi connectivity index (χ2n) is 3.54. The predicted molar refractivity (Wildman–Crippen MR) is 62.9 cm³/mol. The van der Waals surface area contributed by atoms with Crippen LogP contribution in [-0.2, 0) is 14.8 Å². The molecule has 0 saturated heterocycles. The minimum Gasteiger partial charge on any atom is -0.481 e. The Kier molecular flexibility index (Phi) is 4.08. The Morgan fingerprint density at radius 2 is 2.12 bits per heavy atom. The van der Waals surface area contributed by atoms with Crippen molar-refractivity contribution in [3.63, 3.8) is 0 Å². The van der Waals surface area contributed by atoms with E-state index in [9.17, 15) is 13.2 Å². The normalized spacial score (nSPS) is 11.6. The lowest BCUT2D eigenvalue weighted by molar-refractivity contribution is -0.137. The predicted octanol–water partition coefficient (Wildman–Crippen LogP) is 0.364. The monoisotopic (exact) mass is 258 g/mol. The summed E-state index contributed by atoms with van der Waals surface area (Å²) in [6, 6.07) is 5.87. The maximum Gasteiger partial charge on any atom is 0.304 e. The summed E-state index contributed by atoms with van der Waals surface area (Å²) in [7, 11) is -2.33. The third kappa shape index (κ3) is 3.43. The zero-order valence-electron chi connectivity index (χ0n) is 9.33. The molecule has 1 aromatic rings. The fourth-order valence-corrected chi connectivity index (χ4v) is 2.46. The maximum absolute atomic E-state index is 12.0. The van der Waals surface area contributed by atoms with Crippen LogP contribution in [0.15, 0.2) is 29.2 Å². The van der Waals surface area contributed by atoms with E-state index in [0.29, 0.717) is 5.69 Å². The highest BCUT2D eigenvalue weighted by molar-refractivity contribution is 7.89. The van der Waals surface area contributed by atoms with Crippen molar-refractivity contribution in [2.75, 3.05) is 19.3 Å². The number of nitrogens with zero attached hydrogens (tertiary/aromatic N) is 1. The van der Waals surface area contributed by atoms with Crippen LogP contribution in [0.2, 0.25) is 0 Å². The van der Waals surface area contributed by atoms with Crippen molar-refractivity contribution in [1.82, 2.24) is 4.31 Å². The van der Waals surface area contributed by atoms with Crippen molar-refractivity contribution in [2.45, 2.75) is 11.3 Å².